The van der Waals surface area contributed by atoms with Crippen molar-refractivity contribution in [3.05, 3.63) is 11.6 Å². The van der Waals surface area contributed by atoms with Gasteiger partial charge in [-0.15, -0.1) is 10.2 Å². The molecule has 0 fully saturated rings. The Bertz CT molecular complexity index is 336. The van der Waals surface area contributed by atoms with Crippen molar-refractivity contribution in [2.75, 3.05) is 13.7 Å². The van der Waals surface area contributed by atoms with E-state index in [-0.39, 0.29) is 6.10 Å². The Morgan fingerprint density at radius 2 is 2.40 bits per heavy atom. The number of nitrogens with zero attached hydrogens (tertiary/aromatic N) is 3. The molecule has 1 aromatic heterocycles. The molecular formula is C10H18N4O. The van der Waals surface area contributed by atoms with Crippen LogP contribution in [-0.4, -0.2) is 28.4 Å². The lowest BCUT2D eigenvalue weighted by atomic mass is 9.99. The van der Waals surface area contributed by atoms with Crippen molar-refractivity contribution >= 4 is 0 Å². The average molecular weight is 210 g/mol. The number of aryl methyl sites for hydroxylation is 1. The summed E-state index contributed by atoms with van der Waals surface area (Å²) in [7, 11) is 1.69. The molecule has 2 heterocycles. The summed E-state index contributed by atoms with van der Waals surface area (Å²) in [6, 6.07) is 0. The number of rotatable bonds is 3. The predicted molar refractivity (Wildman–Crippen MR) is 56.3 cm³/mol. The minimum Gasteiger partial charge on any atom is -0.374 e. The number of nitrogens with two attached hydrogens (primary N) is 1. The lowest BCUT2D eigenvalue weighted by Crippen LogP contribution is -2.28. The number of methoxy groups -OCH3 is 1. The van der Waals surface area contributed by atoms with Gasteiger partial charge in [-0.1, -0.05) is 0 Å². The van der Waals surface area contributed by atoms with Gasteiger partial charge >= 0.3 is 0 Å². The van der Waals surface area contributed by atoms with Crippen molar-refractivity contribution in [1.29, 1.82) is 0 Å². The molecule has 0 radical (unpaired) electrons. The highest BCUT2D eigenvalue weighted by atomic mass is 16.5. The summed E-state index contributed by atoms with van der Waals surface area (Å²) in [5.74, 6) is 2.54. The molecule has 2 unspecified atom stereocenters. The Balaban J connectivity index is 2.25. The van der Waals surface area contributed by atoms with Crippen molar-refractivity contribution in [3.63, 3.8) is 0 Å². The van der Waals surface area contributed by atoms with E-state index in [1.54, 1.807) is 7.11 Å². The average Bonchev–Trinajstić information content (AvgIpc) is 2.70. The lowest BCUT2D eigenvalue weighted by molar-refractivity contribution is 0.106. The second-order valence-electron chi connectivity index (χ2n) is 4.10. The molecule has 0 aromatic carbocycles. The monoisotopic (exact) mass is 210 g/mol. The molecule has 5 heteroatoms. The van der Waals surface area contributed by atoms with Crippen LogP contribution in [0, 0.1) is 5.92 Å². The molecule has 15 heavy (non-hydrogen) atoms. The second-order valence-corrected chi connectivity index (χ2v) is 4.10. The smallest absolute Gasteiger partial charge is 0.161 e. The molecule has 2 atom stereocenters. The zero-order valence-electron chi connectivity index (χ0n) is 9.31. The van der Waals surface area contributed by atoms with Crippen LogP contribution >= 0.6 is 0 Å². The van der Waals surface area contributed by atoms with Gasteiger partial charge in [0.05, 0.1) is 0 Å². The van der Waals surface area contributed by atoms with Crippen LogP contribution in [0.25, 0.3) is 0 Å². The molecule has 0 amide bonds. The Morgan fingerprint density at radius 1 is 1.60 bits per heavy atom. The quantitative estimate of drug-likeness (QED) is 0.789. The maximum atomic E-state index is 5.70. The van der Waals surface area contributed by atoms with E-state index in [2.05, 4.69) is 14.8 Å². The van der Waals surface area contributed by atoms with E-state index in [9.17, 15) is 0 Å². The summed E-state index contributed by atoms with van der Waals surface area (Å²) in [6.07, 6.45) is 2.10. The summed E-state index contributed by atoms with van der Waals surface area (Å²) in [5, 5.41) is 8.37. The number of hydrogen-bond donors (Lipinski definition) is 1. The molecule has 0 bridgehead atoms. The van der Waals surface area contributed by atoms with Crippen LogP contribution in [0.5, 0.6) is 0 Å². The first-order valence-corrected chi connectivity index (χ1v) is 5.41. The van der Waals surface area contributed by atoms with Crippen LogP contribution in [0.3, 0.4) is 0 Å². The SMILES string of the molecule is COC(C)c1nnc2n1CC(CN)CC2. The summed E-state index contributed by atoms with van der Waals surface area (Å²) in [5.41, 5.74) is 5.70. The standard InChI is InChI=1S/C10H18N4O/c1-7(15-2)10-13-12-9-4-3-8(5-11)6-14(9)10/h7-8H,3-6,11H2,1-2H3. The molecule has 1 aliphatic rings. The first-order valence-electron chi connectivity index (χ1n) is 5.41. The first kappa shape index (κ1) is 10.6. The zero-order valence-corrected chi connectivity index (χ0v) is 9.31. The highest BCUT2D eigenvalue weighted by Gasteiger charge is 2.24. The molecular weight excluding hydrogens is 192 g/mol. The fourth-order valence-electron chi connectivity index (χ4n) is 2.01. The van der Waals surface area contributed by atoms with Crippen LogP contribution in [0.1, 0.15) is 31.1 Å². The highest BCUT2D eigenvalue weighted by molar-refractivity contribution is 5.02. The van der Waals surface area contributed by atoms with E-state index in [4.69, 9.17) is 10.5 Å². The van der Waals surface area contributed by atoms with Crippen molar-refractivity contribution < 1.29 is 4.74 Å². The van der Waals surface area contributed by atoms with Crippen LogP contribution in [-0.2, 0) is 17.7 Å². The summed E-state index contributed by atoms with van der Waals surface area (Å²) < 4.78 is 7.44. The molecule has 0 spiro atoms. The van der Waals surface area contributed by atoms with Gasteiger partial charge in [-0.3, -0.25) is 0 Å². The molecule has 1 aliphatic heterocycles. The summed E-state index contributed by atoms with van der Waals surface area (Å²) in [4.78, 5) is 0. The molecule has 5 nitrogen and oxygen atoms in total. The van der Waals surface area contributed by atoms with E-state index >= 15 is 0 Å². The maximum Gasteiger partial charge on any atom is 0.161 e. The first-order chi connectivity index (χ1) is 7.26. The van der Waals surface area contributed by atoms with Gasteiger partial charge in [0, 0.05) is 20.1 Å². The minimum absolute atomic E-state index is 0.00257. The van der Waals surface area contributed by atoms with E-state index in [0.717, 1.165) is 37.6 Å². The van der Waals surface area contributed by atoms with Gasteiger partial charge in [0.1, 0.15) is 11.9 Å². The summed E-state index contributed by atoms with van der Waals surface area (Å²) in [6.45, 7) is 3.66. The Labute approximate surface area is 89.6 Å². The number of hydrogen-bond acceptors (Lipinski definition) is 4. The number of aromatic nitrogens is 3. The third-order valence-electron chi connectivity index (χ3n) is 3.12. The van der Waals surface area contributed by atoms with E-state index in [1.807, 2.05) is 6.92 Å². The van der Waals surface area contributed by atoms with Crippen molar-refractivity contribution in [1.82, 2.24) is 14.8 Å². The van der Waals surface area contributed by atoms with Crippen molar-refractivity contribution in [2.45, 2.75) is 32.4 Å². The zero-order chi connectivity index (χ0) is 10.8. The molecule has 1 aromatic rings. The topological polar surface area (TPSA) is 66.0 Å². The molecule has 0 aliphatic carbocycles. The molecule has 2 N–H and O–H groups in total. The lowest BCUT2D eigenvalue weighted by Gasteiger charge is -2.23. The van der Waals surface area contributed by atoms with Gasteiger partial charge < -0.3 is 15.0 Å². The Morgan fingerprint density at radius 3 is 3.07 bits per heavy atom. The predicted octanol–water partition coefficient (Wildman–Crippen LogP) is 0.507. The number of fused-ring (bicyclic) bond motifs is 1. The highest BCUT2D eigenvalue weighted by Crippen LogP contribution is 2.23. The van der Waals surface area contributed by atoms with Crippen LogP contribution in [0.4, 0.5) is 0 Å². The third-order valence-corrected chi connectivity index (χ3v) is 3.12. The van der Waals surface area contributed by atoms with Crippen molar-refractivity contribution in [2.24, 2.45) is 11.7 Å². The fraction of sp³-hybridized carbons (Fsp3) is 0.800. The van der Waals surface area contributed by atoms with Gasteiger partial charge in [-0.25, -0.2) is 0 Å². The second kappa shape index (κ2) is 4.28. The van der Waals surface area contributed by atoms with E-state index < -0.39 is 0 Å². The Kier molecular flexibility index (Phi) is 3.02. The maximum absolute atomic E-state index is 5.70. The molecule has 84 valence electrons. The molecule has 2 rings (SSSR count). The van der Waals surface area contributed by atoms with Gasteiger partial charge in [-0.05, 0) is 25.8 Å². The molecule has 0 saturated heterocycles. The largest absolute Gasteiger partial charge is 0.374 e. The van der Waals surface area contributed by atoms with Crippen LogP contribution in [0.15, 0.2) is 0 Å². The van der Waals surface area contributed by atoms with Gasteiger partial charge in [0.25, 0.3) is 0 Å². The van der Waals surface area contributed by atoms with Gasteiger partial charge in [-0.2, -0.15) is 0 Å². The Hall–Kier alpha value is -0.940. The normalized spacial score (nSPS) is 22.5. The van der Waals surface area contributed by atoms with Gasteiger partial charge in [0.15, 0.2) is 5.82 Å². The van der Waals surface area contributed by atoms with Crippen molar-refractivity contribution in [3.8, 4) is 0 Å². The summed E-state index contributed by atoms with van der Waals surface area (Å²) >= 11 is 0. The van der Waals surface area contributed by atoms with Crippen LogP contribution < -0.4 is 5.73 Å². The molecule has 0 saturated carbocycles. The number of ether oxygens (including phenoxy) is 1. The third kappa shape index (κ3) is 1.89. The van der Waals surface area contributed by atoms with Gasteiger partial charge in [0.2, 0.25) is 0 Å². The minimum atomic E-state index is 0.00257. The van der Waals surface area contributed by atoms with E-state index in [1.165, 1.54) is 0 Å². The fourth-order valence-corrected chi connectivity index (χ4v) is 2.01. The van der Waals surface area contributed by atoms with Crippen LogP contribution in [0.2, 0.25) is 0 Å². The van der Waals surface area contributed by atoms with E-state index in [0.29, 0.717) is 5.92 Å².